The van der Waals surface area contributed by atoms with Crippen molar-refractivity contribution in [2.24, 2.45) is 23.7 Å². The van der Waals surface area contributed by atoms with E-state index in [2.05, 4.69) is 15.9 Å². The largest absolute Gasteiger partial charge is 0.489 e. The number of halogens is 1. The second-order valence-electron chi connectivity index (χ2n) is 13.8. The Balaban J connectivity index is 1.02. The average Bonchev–Trinajstić information content (AvgIpc) is 3.84. The molecule has 2 aliphatic carbocycles. The van der Waals surface area contributed by atoms with Crippen molar-refractivity contribution in [2.75, 3.05) is 4.90 Å². The molecule has 1 aromatic heterocycles. The molecule has 256 valence electrons. The number of carbonyl (C=O) groups is 4. The highest BCUT2D eigenvalue weighted by molar-refractivity contribution is 9.10. The minimum Gasteiger partial charge on any atom is -0.489 e. The summed E-state index contributed by atoms with van der Waals surface area (Å²) in [5, 5.41) is 0.584. The molecule has 0 N–H and O–H groups in total. The maximum Gasteiger partial charge on any atom is 0.339 e. The summed E-state index contributed by atoms with van der Waals surface area (Å²) < 4.78 is 12.4. The number of pyridine rings is 1. The summed E-state index contributed by atoms with van der Waals surface area (Å²) in [5.41, 5.74) is 4.93. The Morgan fingerprint density at radius 1 is 0.882 bits per heavy atom. The molecular formula is C42H35BrN2O6. The van der Waals surface area contributed by atoms with Crippen LogP contribution in [0.1, 0.15) is 58.0 Å². The van der Waals surface area contributed by atoms with Crippen LogP contribution in [-0.4, -0.2) is 34.7 Å². The molecule has 1 aliphatic heterocycles. The zero-order chi connectivity index (χ0) is 35.4. The van der Waals surface area contributed by atoms with Gasteiger partial charge in [0.1, 0.15) is 12.4 Å². The molecule has 2 amide bonds. The fraction of sp³-hybridized carbons (Fsp3) is 0.262. The minimum atomic E-state index is -1.06. The van der Waals surface area contributed by atoms with E-state index in [1.54, 1.807) is 49.4 Å². The van der Waals surface area contributed by atoms with Gasteiger partial charge in [-0.1, -0.05) is 58.4 Å². The first-order valence-corrected chi connectivity index (χ1v) is 18.1. The van der Waals surface area contributed by atoms with Crippen molar-refractivity contribution >= 4 is 56.1 Å². The number of anilines is 1. The number of Topliss-reactive ketones (excluding diaryl/α,β-unsaturated/α-hetero) is 1. The molecule has 1 saturated heterocycles. The number of carbonyl (C=O) groups excluding carboxylic acids is 4. The Labute approximate surface area is 303 Å². The first kappa shape index (κ1) is 33.0. The van der Waals surface area contributed by atoms with Gasteiger partial charge in [-0.05, 0) is 111 Å². The molecule has 8 nitrogen and oxygen atoms in total. The molecule has 51 heavy (non-hydrogen) atoms. The van der Waals surface area contributed by atoms with E-state index < -0.39 is 12.1 Å². The number of nitrogens with zero attached hydrogens (tertiary/aromatic N) is 2. The van der Waals surface area contributed by atoms with E-state index in [1.807, 2.05) is 61.5 Å². The van der Waals surface area contributed by atoms with Crippen molar-refractivity contribution in [2.45, 2.75) is 45.8 Å². The maximum atomic E-state index is 13.8. The molecule has 0 radical (unpaired) electrons. The molecule has 5 atom stereocenters. The van der Waals surface area contributed by atoms with Crippen molar-refractivity contribution < 1.29 is 28.7 Å². The van der Waals surface area contributed by atoms with Gasteiger partial charge in [-0.3, -0.25) is 19.3 Å². The predicted molar refractivity (Wildman–Crippen MR) is 196 cm³/mol. The Hall–Kier alpha value is -5.15. The van der Waals surface area contributed by atoms with Gasteiger partial charge in [0.2, 0.25) is 17.6 Å². The number of hydrogen-bond acceptors (Lipinski definition) is 7. The van der Waals surface area contributed by atoms with E-state index in [0.29, 0.717) is 57.6 Å². The predicted octanol–water partition coefficient (Wildman–Crippen LogP) is 8.52. The first-order valence-electron chi connectivity index (χ1n) is 17.3. The van der Waals surface area contributed by atoms with Crippen molar-refractivity contribution in [1.29, 1.82) is 0 Å². The number of aryl methyl sites for hydroxylation is 1. The standard InChI is InChI=1S/C42H35BrN2O6/c1-23-18-30(43)20-33-34(42(49)51-24(2)39(46)27-12-16-32(17-13-27)50-22-25-6-4-3-5-7-25)21-35(44-38(23)33)26-10-14-31(15-11-26)45-40(47)36-28-8-9-29(19-28)37(36)41(45)48/h3-7,10-18,20-21,24,28-29,36-37H,8-9,19,22H2,1-2H3. The van der Waals surface area contributed by atoms with Gasteiger partial charge in [0.15, 0.2) is 6.10 Å². The normalized spacial score (nSPS) is 21.2. The molecule has 5 aromatic rings. The van der Waals surface area contributed by atoms with Crippen LogP contribution in [0.4, 0.5) is 5.69 Å². The fourth-order valence-electron chi connectivity index (χ4n) is 8.19. The summed E-state index contributed by atoms with van der Waals surface area (Å²) in [6.45, 7) is 3.88. The first-order chi connectivity index (χ1) is 24.7. The van der Waals surface area contributed by atoms with Crippen LogP contribution in [0.3, 0.4) is 0 Å². The van der Waals surface area contributed by atoms with Crippen LogP contribution in [0.15, 0.2) is 102 Å². The fourth-order valence-corrected chi connectivity index (χ4v) is 8.76. The summed E-state index contributed by atoms with van der Waals surface area (Å²) in [6, 6.07) is 29.1. The number of ether oxygens (including phenoxy) is 2. The number of hydrogen-bond donors (Lipinski definition) is 0. The molecular weight excluding hydrogens is 708 g/mol. The third-order valence-corrected chi connectivity index (χ3v) is 11.1. The molecule has 2 saturated carbocycles. The van der Waals surface area contributed by atoms with Crippen molar-refractivity contribution in [3.8, 4) is 17.0 Å². The van der Waals surface area contributed by atoms with Crippen LogP contribution in [0.2, 0.25) is 0 Å². The highest BCUT2D eigenvalue weighted by Gasteiger charge is 2.61. The molecule has 3 aliphatic rings. The second-order valence-corrected chi connectivity index (χ2v) is 14.7. The number of aromatic nitrogens is 1. The van der Waals surface area contributed by atoms with E-state index in [9.17, 15) is 19.2 Å². The lowest BCUT2D eigenvalue weighted by Gasteiger charge is -2.19. The van der Waals surface area contributed by atoms with Gasteiger partial charge >= 0.3 is 5.97 Å². The molecule has 5 unspecified atom stereocenters. The number of amides is 2. The number of benzene rings is 4. The lowest BCUT2D eigenvalue weighted by molar-refractivity contribution is -0.123. The van der Waals surface area contributed by atoms with Crippen molar-refractivity contribution in [3.63, 3.8) is 0 Å². The van der Waals surface area contributed by atoms with Gasteiger partial charge in [0, 0.05) is 21.0 Å². The zero-order valence-corrected chi connectivity index (χ0v) is 29.8. The Morgan fingerprint density at radius 2 is 1.55 bits per heavy atom. The zero-order valence-electron chi connectivity index (χ0n) is 28.2. The van der Waals surface area contributed by atoms with Crippen LogP contribution in [0, 0.1) is 30.6 Å². The molecule has 4 aromatic carbocycles. The van der Waals surface area contributed by atoms with Crippen LogP contribution < -0.4 is 9.64 Å². The van der Waals surface area contributed by atoms with Crippen LogP contribution in [0.5, 0.6) is 5.75 Å². The number of fused-ring (bicyclic) bond motifs is 6. The molecule has 8 rings (SSSR count). The lowest BCUT2D eigenvalue weighted by Crippen LogP contribution is -2.32. The molecule has 9 heteroatoms. The van der Waals surface area contributed by atoms with Gasteiger partial charge < -0.3 is 9.47 Å². The Bertz CT molecular complexity index is 2170. The number of rotatable bonds is 9. The summed E-state index contributed by atoms with van der Waals surface area (Å²) in [7, 11) is 0. The van der Waals surface area contributed by atoms with Gasteiger partial charge in [-0.2, -0.15) is 0 Å². The van der Waals surface area contributed by atoms with Gasteiger partial charge in [-0.15, -0.1) is 0 Å². The summed E-state index contributed by atoms with van der Waals surface area (Å²) in [5.74, 6) is -0.309. The quantitative estimate of drug-likeness (QED) is 0.0848. The lowest BCUT2D eigenvalue weighted by atomic mass is 9.81. The molecule has 2 heterocycles. The smallest absolute Gasteiger partial charge is 0.339 e. The third kappa shape index (κ3) is 6.03. The highest BCUT2D eigenvalue weighted by atomic mass is 79.9. The van der Waals surface area contributed by atoms with E-state index >= 15 is 0 Å². The van der Waals surface area contributed by atoms with E-state index in [4.69, 9.17) is 14.5 Å². The summed E-state index contributed by atoms with van der Waals surface area (Å²) in [4.78, 5) is 60.3. The molecule has 3 fully saturated rings. The second kappa shape index (κ2) is 13.2. The average molecular weight is 744 g/mol. The van der Waals surface area contributed by atoms with E-state index in [-0.39, 0.29) is 35.0 Å². The van der Waals surface area contributed by atoms with Crippen molar-refractivity contribution in [1.82, 2.24) is 4.98 Å². The summed E-state index contributed by atoms with van der Waals surface area (Å²) >= 11 is 3.54. The molecule has 0 spiro atoms. The monoisotopic (exact) mass is 742 g/mol. The van der Waals surface area contributed by atoms with Crippen molar-refractivity contribution in [3.05, 3.63) is 124 Å². The maximum absolute atomic E-state index is 13.8. The van der Waals surface area contributed by atoms with Crippen LogP contribution in [0.25, 0.3) is 22.2 Å². The van der Waals surface area contributed by atoms with E-state index in [0.717, 1.165) is 34.9 Å². The molecule has 2 bridgehead atoms. The minimum absolute atomic E-state index is 0.0870. The van der Waals surface area contributed by atoms with Gasteiger partial charge in [-0.25, -0.2) is 9.78 Å². The highest BCUT2D eigenvalue weighted by Crippen LogP contribution is 2.56. The number of imide groups is 1. The third-order valence-electron chi connectivity index (χ3n) is 10.7. The Kier molecular flexibility index (Phi) is 8.54. The van der Waals surface area contributed by atoms with Gasteiger partial charge in [0.25, 0.3) is 0 Å². The number of ketones is 1. The van der Waals surface area contributed by atoms with E-state index in [1.165, 1.54) is 4.90 Å². The summed E-state index contributed by atoms with van der Waals surface area (Å²) in [6.07, 6.45) is 1.98. The number of esters is 1. The van der Waals surface area contributed by atoms with Crippen LogP contribution in [-0.2, 0) is 20.9 Å². The SMILES string of the molecule is Cc1cc(Br)cc2c(C(=O)OC(C)C(=O)c3ccc(OCc4ccccc4)cc3)cc(-c3ccc(N4C(=O)C5C6CCC(C6)C5C4=O)cc3)nc12. The topological polar surface area (TPSA) is 103 Å². The Morgan fingerprint density at radius 3 is 2.22 bits per heavy atom. The van der Waals surface area contributed by atoms with Crippen LogP contribution >= 0.6 is 15.9 Å². The van der Waals surface area contributed by atoms with Gasteiger partial charge in [0.05, 0.1) is 34.3 Å².